The highest BCUT2D eigenvalue weighted by atomic mass is 35.5. The fourth-order valence-electron chi connectivity index (χ4n) is 2.16. The number of aromatic nitrogens is 6. The topological polar surface area (TPSA) is 95.2 Å². The van der Waals surface area contributed by atoms with Crippen molar-refractivity contribution in [3.63, 3.8) is 0 Å². The Hall–Kier alpha value is -1.78. The van der Waals surface area contributed by atoms with Crippen LogP contribution in [0.1, 0.15) is 22.6 Å². The average molecular weight is 385 g/mol. The number of carbonyl (C=O) groups is 1. The maximum Gasteiger partial charge on any atom is 0.310 e. The molecule has 0 aromatic carbocycles. The van der Waals surface area contributed by atoms with Crippen molar-refractivity contribution in [3.8, 4) is 0 Å². The first-order valence-electron chi connectivity index (χ1n) is 6.88. The van der Waals surface area contributed by atoms with E-state index in [-0.39, 0.29) is 13.0 Å². The van der Waals surface area contributed by atoms with E-state index in [9.17, 15) is 4.79 Å². The smallest absolute Gasteiger partial charge is 0.310 e. The molecule has 0 fully saturated rings. The van der Waals surface area contributed by atoms with Crippen LogP contribution in [0.2, 0.25) is 4.34 Å². The van der Waals surface area contributed by atoms with E-state index in [1.54, 1.807) is 4.52 Å². The number of carbonyl (C=O) groups excluding carboxylic acids is 1. The molecule has 0 N–H and O–H groups in total. The summed E-state index contributed by atoms with van der Waals surface area (Å²) in [6.07, 6.45) is 1.98. The largest absolute Gasteiger partial charge is 0.459 e. The molecule has 3 aromatic rings. The number of nitrogens with zero attached hydrogens (tertiary/aromatic N) is 6. The number of thioether (sulfide) groups is 1. The molecule has 3 heterocycles. The third kappa shape index (κ3) is 3.35. The Labute approximate surface area is 150 Å². The number of rotatable bonds is 5. The van der Waals surface area contributed by atoms with Crippen molar-refractivity contribution in [1.82, 2.24) is 29.2 Å². The van der Waals surface area contributed by atoms with E-state index < -0.39 is 5.97 Å². The van der Waals surface area contributed by atoms with Crippen LogP contribution in [0, 0.1) is 13.8 Å². The van der Waals surface area contributed by atoms with Crippen molar-refractivity contribution in [2.45, 2.75) is 32.0 Å². The summed E-state index contributed by atoms with van der Waals surface area (Å²) in [6, 6.07) is 0. The number of hydrogen-bond donors (Lipinski definition) is 0. The van der Waals surface area contributed by atoms with Gasteiger partial charge in [-0.2, -0.15) is 4.98 Å². The summed E-state index contributed by atoms with van der Waals surface area (Å²) in [7, 11) is 0. The zero-order chi connectivity index (χ0) is 17.3. The van der Waals surface area contributed by atoms with E-state index in [4.69, 9.17) is 16.3 Å². The van der Waals surface area contributed by atoms with Crippen molar-refractivity contribution >= 4 is 46.6 Å². The fraction of sp³-hybridized carbons (Fsp3) is 0.385. The molecular weight excluding hydrogens is 372 g/mol. The monoisotopic (exact) mass is 384 g/mol. The van der Waals surface area contributed by atoms with Crippen LogP contribution in [0.25, 0.3) is 5.78 Å². The lowest BCUT2D eigenvalue weighted by molar-refractivity contribution is -0.144. The van der Waals surface area contributed by atoms with Crippen LogP contribution >= 0.6 is 34.9 Å². The second-order valence-electron chi connectivity index (χ2n) is 4.90. The van der Waals surface area contributed by atoms with E-state index >= 15 is 0 Å². The molecule has 0 saturated heterocycles. The average Bonchev–Trinajstić information content (AvgIpc) is 3.15. The zero-order valence-corrected chi connectivity index (χ0v) is 15.5. The fourth-order valence-corrected chi connectivity index (χ4v) is 3.10. The summed E-state index contributed by atoms with van der Waals surface area (Å²) < 4.78 is 11.0. The summed E-state index contributed by atoms with van der Waals surface area (Å²) in [5, 5.41) is 8.80. The third-order valence-corrected chi connectivity index (χ3v) is 4.93. The van der Waals surface area contributed by atoms with Crippen molar-refractivity contribution in [2.24, 2.45) is 0 Å². The molecule has 24 heavy (non-hydrogen) atoms. The normalized spacial score (nSPS) is 11.2. The second kappa shape index (κ2) is 6.99. The zero-order valence-electron chi connectivity index (χ0n) is 13.1. The van der Waals surface area contributed by atoms with Gasteiger partial charge in [0.1, 0.15) is 16.6 Å². The van der Waals surface area contributed by atoms with Gasteiger partial charge in [0.25, 0.3) is 5.78 Å². The van der Waals surface area contributed by atoms with Crippen LogP contribution < -0.4 is 0 Å². The minimum absolute atomic E-state index is 0.00187. The van der Waals surface area contributed by atoms with E-state index in [2.05, 4.69) is 24.7 Å². The quantitative estimate of drug-likeness (QED) is 0.488. The standard InChI is InChI=1S/C13H13ClN6O2S2/c1-6-8(4-10(21)22-5-9-11(14)24-19-17-9)7(2)20-12(15-6)16-13(18-20)23-3/h4-5H2,1-3H3. The van der Waals surface area contributed by atoms with Gasteiger partial charge < -0.3 is 4.74 Å². The molecule has 0 aliphatic carbocycles. The van der Waals surface area contributed by atoms with Crippen LogP contribution in [-0.2, 0) is 22.6 Å². The summed E-state index contributed by atoms with van der Waals surface area (Å²) >= 11 is 8.38. The van der Waals surface area contributed by atoms with Gasteiger partial charge in [0, 0.05) is 28.5 Å². The van der Waals surface area contributed by atoms with Gasteiger partial charge in [-0.05, 0) is 20.1 Å². The summed E-state index contributed by atoms with van der Waals surface area (Å²) in [6.45, 7) is 3.72. The van der Waals surface area contributed by atoms with Gasteiger partial charge in [0.05, 0.1) is 6.42 Å². The summed E-state index contributed by atoms with van der Waals surface area (Å²) in [4.78, 5) is 20.9. The molecule has 8 nitrogen and oxygen atoms in total. The van der Waals surface area contributed by atoms with Gasteiger partial charge in [0.2, 0.25) is 5.16 Å². The Kier molecular flexibility index (Phi) is 4.97. The molecule has 3 rings (SSSR count). The molecule has 11 heteroatoms. The van der Waals surface area contributed by atoms with Gasteiger partial charge >= 0.3 is 5.97 Å². The molecule has 0 radical (unpaired) electrons. The Morgan fingerprint density at radius 1 is 1.38 bits per heavy atom. The lowest BCUT2D eigenvalue weighted by Gasteiger charge is -2.09. The van der Waals surface area contributed by atoms with E-state index in [0.717, 1.165) is 28.5 Å². The SMILES string of the molecule is CSc1nc2nc(C)c(CC(=O)OCc3nnsc3Cl)c(C)n2n1. The first-order chi connectivity index (χ1) is 11.5. The maximum atomic E-state index is 12.1. The van der Waals surface area contributed by atoms with Gasteiger partial charge in [0.15, 0.2) is 0 Å². The van der Waals surface area contributed by atoms with Crippen LogP contribution in [0.3, 0.4) is 0 Å². The van der Waals surface area contributed by atoms with Crippen molar-refractivity contribution in [2.75, 3.05) is 6.26 Å². The highest BCUT2D eigenvalue weighted by Crippen LogP contribution is 2.19. The Balaban J connectivity index is 1.78. The highest BCUT2D eigenvalue weighted by Gasteiger charge is 2.17. The molecule has 3 aromatic heterocycles. The number of hydrogen-bond acceptors (Lipinski definition) is 9. The van der Waals surface area contributed by atoms with Crippen molar-refractivity contribution in [3.05, 3.63) is 27.0 Å². The highest BCUT2D eigenvalue weighted by molar-refractivity contribution is 7.98. The Morgan fingerprint density at radius 2 is 2.17 bits per heavy atom. The van der Waals surface area contributed by atoms with Gasteiger partial charge in [-0.25, -0.2) is 9.50 Å². The minimum atomic E-state index is -0.392. The Bertz CT molecular complexity index is 909. The van der Waals surface area contributed by atoms with E-state index in [1.165, 1.54) is 11.8 Å². The van der Waals surface area contributed by atoms with Crippen LogP contribution in [0.15, 0.2) is 5.16 Å². The molecule has 0 saturated carbocycles. The van der Waals surface area contributed by atoms with Crippen LogP contribution in [0.4, 0.5) is 0 Å². The van der Waals surface area contributed by atoms with Crippen LogP contribution in [0.5, 0.6) is 0 Å². The third-order valence-electron chi connectivity index (χ3n) is 3.41. The Morgan fingerprint density at radius 3 is 2.83 bits per heavy atom. The molecule has 0 spiro atoms. The summed E-state index contributed by atoms with van der Waals surface area (Å²) in [5.41, 5.74) is 2.77. The summed E-state index contributed by atoms with van der Waals surface area (Å²) in [5.74, 6) is 0.128. The first kappa shape index (κ1) is 17.1. The van der Waals surface area contributed by atoms with E-state index in [1.807, 2.05) is 20.1 Å². The minimum Gasteiger partial charge on any atom is -0.459 e. The van der Waals surface area contributed by atoms with Crippen molar-refractivity contribution < 1.29 is 9.53 Å². The molecule has 0 unspecified atom stereocenters. The number of esters is 1. The lowest BCUT2D eigenvalue weighted by Crippen LogP contribution is -2.13. The predicted molar refractivity (Wildman–Crippen MR) is 90.5 cm³/mol. The molecule has 0 atom stereocenters. The van der Waals surface area contributed by atoms with Crippen LogP contribution in [-0.4, -0.2) is 41.4 Å². The van der Waals surface area contributed by atoms with Gasteiger partial charge in [-0.1, -0.05) is 27.9 Å². The number of ether oxygens (including phenoxy) is 1. The number of aryl methyl sites for hydroxylation is 2. The van der Waals surface area contributed by atoms with E-state index in [0.29, 0.717) is 21.0 Å². The second-order valence-corrected chi connectivity index (χ2v) is 7.03. The maximum absolute atomic E-state index is 12.1. The lowest BCUT2D eigenvalue weighted by atomic mass is 10.1. The molecule has 126 valence electrons. The molecular formula is C13H13ClN6O2S2. The van der Waals surface area contributed by atoms with Crippen molar-refractivity contribution in [1.29, 1.82) is 0 Å². The molecule has 0 amide bonds. The van der Waals surface area contributed by atoms with Gasteiger partial charge in [-0.3, -0.25) is 4.79 Å². The molecule has 0 aliphatic heterocycles. The predicted octanol–water partition coefficient (Wildman–Crippen LogP) is 2.25. The first-order valence-corrected chi connectivity index (χ1v) is 9.26. The van der Waals surface area contributed by atoms with Gasteiger partial charge in [-0.15, -0.1) is 10.2 Å². The molecule has 0 aliphatic rings. The number of fused-ring (bicyclic) bond motifs is 1. The molecule has 0 bridgehead atoms. The number of halogens is 1.